The van der Waals surface area contributed by atoms with Crippen molar-refractivity contribution in [3.05, 3.63) is 122 Å². The van der Waals surface area contributed by atoms with Crippen molar-refractivity contribution >= 4 is 23.9 Å². The van der Waals surface area contributed by atoms with Crippen molar-refractivity contribution < 1.29 is 58.2 Å². The number of aliphatic hydroxyl groups is 2. The van der Waals surface area contributed by atoms with Crippen LogP contribution in [0, 0.1) is 0 Å². The number of carbonyl (C=O) groups excluding carboxylic acids is 3. The third-order valence-corrected chi connectivity index (χ3v) is 10.6. The van der Waals surface area contributed by atoms with E-state index in [9.17, 15) is 34.5 Å². The van der Waals surface area contributed by atoms with Crippen LogP contribution in [0.5, 0.6) is 0 Å². The van der Waals surface area contributed by atoms with Gasteiger partial charge in [0.25, 0.3) is 0 Å². The summed E-state index contributed by atoms with van der Waals surface area (Å²) in [4.78, 5) is 50.7. The van der Waals surface area contributed by atoms with Crippen LogP contribution in [-0.2, 0) is 42.9 Å². The zero-order valence-electron chi connectivity index (χ0n) is 42.0. The standard InChI is InChI=1S/C57H86O12/c1-4-7-10-13-16-19-22-24-25-27-29-31-34-37-40-43-49(58)65-46-48(67-50(59)44-41-38-35-33-30-26-23-20-17-14-11-8-5-2)47-66-57-55(53(62)52(61)54(69-57)56(63)64)68-51(60)45-42-39-36-32-28-21-18-15-12-9-6-3/h7-8,10-11,15-20,24-26,29-31,35,37-38,40,48,52-55,57,61-62H,4-6,9,12-14,21-23,27-28,32-34,36,39,41-47H2,1-3H3,(H,63,64)/b10-7-,11-8-,18-15-,19-16-,20-17-,25-24-,30-26-,31-29-,38-35-,40-37-. The lowest BCUT2D eigenvalue weighted by molar-refractivity contribution is -0.301. The van der Waals surface area contributed by atoms with Gasteiger partial charge in [-0.3, -0.25) is 14.4 Å². The molecule has 12 heteroatoms. The SMILES string of the molecule is CC/C=C\C/C=C\C/C=C\C/C=C\C/C=C\CC(=O)OCC(COC1OC(C(=O)O)C(O)C(O)C1OC(=O)CCCCCCC/C=C\CCCC)OC(=O)CC/C=C\C/C=C\C/C=C\C/C=C\CC. The lowest BCUT2D eigenvalue weighted by Crippen LogP contribution is -2.61. The van der Waals surface area contributed by atoms with Crippen molar-refractivity contribution in [2.75, 3.05) is 13.2 Å². The molecular weight excluding hydrogens is 877 g/mol. The van der Waals surface area contributed by atoms with Gasteiger partial charge in [-0.2, -0.15) is 0 Å². The van der Waals surface area contributed by atoms with Crippen LogP contribution >= 0.6 is 0 Å². The molecule has 0 aliphatic carbocycles. The van der Waals surface area contributed by atoms with Gasteiger partial charge >= 0.3 is 23.9 Å². The molecule has 1 fully saturated rings. The lowest BCUT2D eigenvalue weighted by atomic mass is 9.98. The number of aliphatic carboxylic acids is 1. The molecule has 0 aromatic rings. The van der Waals surface area contributed by atoms with Crippen LogP contribution < -0.4 is 0 Å². The molecule has 386 valence electrons. The summed E-state index contributed by atoms with van der Waals surface area (Å²) >= 11 is 0. The Morgan fingerprint density at radius 2 is 0.986 bits per heavy atom. The second-order valence-corrected chi connectivity index (χ2v) is 16.7. The number of unbranched alkanes of at least 4 members (excludes halogenated alkanes) is 7. The third kappa shape index (κ3) is 35.0. The molecular formula is C57H86O12. The number of ether oxygens (including phenoxy) is 5. The number of aliphatic hydroxyl groups excluding tert-OH is 2. The Kier molecular flexibility index (Phi) is 39.9. The fourth-order valence-corrected chi connectivity index (χ4v) is 6.67. The molecule has 3 N–H and O–H groups in total. The largest absolute Gasteiger partial charge is 0.479 e. The average Bonchev–Trinajstić information content (AvgIpc) is 3.33. The molecule has 1 saturated heterocycles. The normalized spacial score (nSPS) is 19.7. The van der Waals surface area contributed by atoms with Gasteiger partial charge in [-0.15, -0.1) is 0 Å². The van der Waals surface area contributed by atoms with Crippen molar-refractivity contribution in [3.8, 4) is 0 Å². The molecule has 6 atom stereocenters. The summed E-state index contributed by atoms with van der Waals surface area (Å²) in [6, 6.07) is 0. The highest BCUT2D eigenvalue weighted by atomic mass is 16.7. The molecule has 0 amide bonds. The Balaban J connectivity index is 2.86. The van der Waals surface area contributed by atoms with Crippen LogP contribution in [0.4, 0.5) is 0 Å². The third-order valence-electron chi connectivity index (χ3n) is 10.6. The van der Waals surface area contributed by atoms with Gasteiger partial charge in [-0.25, -0.2) is 4.79 Å². The molecule has 69 heavy (non-hydrogen) atoms. The molecule has 1 rings (SSSR count). The van der Waals surface area contributed by atoms with E-state index in [0.717, 1.165) is 83.5 Å². The quantitative estimate of drug-likeness (QED) is 0.0230. The summed E-state index contributed by atoms with van der Waals surface area (Å²) in [7, 11) is 0. The van der Waals surface area contributed by atoms with Gasteiger partial charge in [0.1, 0.15) is 18.8 Å². The van der Waals surface area contributed by atoms with E-state index >= 15 is 0 Å². The molecule has 1 aliphatic rings. The Labute approximate surface area is 414 Å². The molecule has 0 aromatic carbocycles. The van der Waals surface area contributed by atoms with Crippen LogP contribution in [-0.4, -0.2) is 89.2 Å². The first-order valence-corrected chi connectivity index (χ1v) is 25.5. The van der Waals surface area contributed by atoms with Crippen LogP contribution in [0.2, 0.25) is 0 Å². The minimum absolute atomic E-state index is 0.0149. The van der Waals surface area contributed by atoms with E-state index in [1.807, 2.05) is 36.5 Å². The van der Waals surface area contributed by atoms with Crippen LogP contribution in [0.15, 0.2) is 122 Å². The molecule has 0 saturated carbocycles. The van der Waals surface area contributed by atoms with Gasteiger partial charge < -0.3 is 39.0 Å². The Bertz CT molecular complexity index is 1660. The molecule has 0 radical (unpaired) electrons. The first-order valence-electron chi connectivity index (χ1n) is 25.5. The van der Waals surface area contributed by atoms with Gasteiger partial charge in [0.05, 0.1) is 13.0 Å². The predicted octanol–water partition coefficient (Wildman–Crippen LogP) is 12.1. The number of carbonyl (C=O) groups is 4. The van der Waals surface area contributed by atoms with E-state index in [1.54, 1.807) is 6.08 Å². The number of carboxylic acid groups (broad SMARTS) is 1. The van der Waals surface area contributed by atoms with Crippen molar-refractivity contribution in [1.82, 2.24) is 0 Å². The van der Waals surface area contributed by atoms with Crippen LogP contribution in [0.3, 0.4) is 0 Å². The predicted molar refractivity (Wildman–Crippen MR) is 275 cm³/mol. The van der Waals surface area contributed by atoms with Gasteiger partial charge in [0.15, 0.2) is 24.6 Å². The second-order valence-electron chi connectivity index (χ2n) is 16.7. The van der Waals surface area contributed by atoms with Gasteiger partial charge in [-0.05, 0) is 89.9 Å². The van der Waals surface area contributed by atoms with Gasteiger partial charge in [-0.1, -0.05) is 174 Å². The topological polar surface area (TPSA) is 175 Å². The first kappa shape index (κ1) is 62.1. The van der Waals surface area contributed by atoms with E-state index in [4.69, 9.17) is 23.7 Å². The summed E-state index contributed by atoms with van der Waals surface area (Å²) in [6.07, 6.45) is 48.1. The lowest BCUT2D eigenvalue weighted by Gasteiger charge is -2.40. The van der Waals surface area contributed by atoms with E-state index in [2.05, 4.69) is 99.8 Å². The fourth-order valence-electron chi connectivity index (χ4n) is 6.67. The van der Waals surface area contributed by atoms with Crippen molar-refractivity contribution in [2.24, 2.45) is 0 Å². The molecule has 1 aliphatic heterocycles. The highest BCUT2D eigenvalue weighted by Gasteiger charge is 2.50. The van der Waals surface area contributed by atoms with E-state index in [-0.39, 0.29) is 19.3 Å². The highest BCUT2D eigenvalue weighted by Crippen LogP contribution is 2.26. The number of rotatable bonds is 40. The summed E-state index contributed by atoms with van der Waals surface area (Å²) in [5, 5.41) is 31.3. The number of allylic oxidation sites excluding steroid dienone is 19. The smallest absolute Gasteiger partial charge is 0.335 e. The minimum Gasteiger partial charge on any atom is -0.479 e. The zero-order chi connectivity index (χ0) is 50.4. The van der Waals surface area contributed by atoms with Crippen molar-refractivity contribution in [2.45, 2.75) is 199 Å². The second kappa shape index (κ2) is 44.3. The number of hydrogen-bond acceptors (Lipinski definition) is 11. The van der Waals surface area contributed by atoms with Crippen molar-refractivity contribution in [3.63, 3.8) is 0 Å². The van der Waals surface area contributed by atoms with Crippen LogP contribution in [0.25, 0.3) is 0 Å². The highest BCUT2D eigenvalue weighted by molar-refractivity contribution is 5.74. The molecule has 1 heterocycles. The summed E-state index contributed by atoms with van der Waals surface area (Å²) in [5.74, 6) is -3.44. The van der Waals surface area contributed by atoms with Gasteiger partial charge in [0.2, 0.25) is 0 Å². The average molecular weight is 963 g/mol. The summed E-state index contributed by atoms with van der Waals surface area (Å²) in [6.45, 7) is 5.51. The minimum atomic E-state index is -1.93. The molecule has 0 bridgehead atoms. The first-order chi connectivity index (χ1) is 33.6. The van der Waals surface area contributed by atoms with E-state index < -0.39 is 73.9 Å². The Morgan fingerprint density at radius 1 is 0.507 bits per heavy atom. The maximum Gasteiger partial charge on any atom is 0.335 e. The number of esters is 3. The Hall–Kier alpha value is -4.88. The maximum absolute atomic E-state index is 13.0. The molecule has 6 unspecified atom stereocenters. The molecule has 0 aromatic heterocycles. The molecule has 0 spiro atoms. The zero-order valence-corrected chi connectivity index (χ0v) is 42.0. The number of carboxylic acids is 1. The Morgan fingerprint density at radius 3 is 1.52 bits per heavy atom. The number of hydrogen-bond donors (Lipinski definition) is 3. The summed E-state index contributed by atoms with van der Waals surface area (Å²) < 4.78 is 28.0. The maximum atomic E-state index is 13.0. The summed E-state index contributed by atoms with van der Waals surface area (Å²) in [5.41, 5.74) is 0. The fraction of sp³-hybridized carbons (Fsp3) is 0.579. The van der Waals surface area contributed by atoms with E-state index in [0.29, 0.717) is 25.7 Å². The molecule has 12 nitrogen and oxygen atoms in total. The monoisotopic (exact) mass is 963 g/mol. The van der Waals surface area contributed by atoms with E-state index in [1.165, 1.54) is 12.8 Å². The van der Waals surface area contributed by atoms with Crippen LogP contribution in [0.1, 0.15) is 162 Å². The van der Waals surface area contributed by atoms with Gasteiger partial charge in [0, 0.05) is 12.8 Å². The van der Waals surface area contributed by atoms with Crippen molar-refractivity contribution in [1.29, 1.82) is 0 Å².